The third-order valence-corrected chi connectivity index (χ3v) is 17.8. The molecule has 1 atom stereocenters. The quantitative estimate of drug-likeness (QED) is 0.676. The van der Waals surface area contributed by atoms with Gasteiger partial charge in [0.15, 0.2) is 0 Å². The van der Waals surface area contributed by atoms with Gasteiger partial charge >= 0.3 is 138 Å². The van der Waals surface area contributed by atoms with Gasteiger partial charge in [-0.2, -0.15) is 0 Å². The summed E-state index contributed by atoms with van der Waals surface area (Å²) in [5.41, 5.74) is 4.66. The van der Waals surface area contributed by atoms with Gasteiger partial charge < -0.3 is 0 Å². The Kier molecular flexibility index (Phi) is 3.68. The minimum atomic E-state index is -1.17. The van der Waals surface area contributed by atoms with Gasteiger partial charge in [-0.15, -0.1) is 0 Å². The van der Waals surface area contributed by atoms with E-state index >= 15 is 0 Å². The topological polar surface area (TPSA) is 0 Å². The summed E-state index contributed by atoms with van der Waals surface area (Å²) in [4.78, 5) is 2.59. The molecule has 0 saturated carbocycles. The molecule has 2 aromatic carbocycles. The van der Waals surface area contributed by atoms with Gasteiger partial charge in [-0.1, -0.05) is 0 Å². The van der Waals surface area contributed by atoms with Crippen LogP contribution in [0.5, 0.6) is 0 Å². The van der Waals surface area contributed by atoms with Crippen molar-refractivity contribution in [3.63, 3.8) is 0 Å². The molecule has 2 aromatic rings. The molecule has 101 valence electrons. The fraction of sp³-hybridized carbons (Fsp3) is 0.158. The van der Waals surface area contributed by atoms with Crippen molar-refractivity contribution in [3.05, 3.63) is 82.3 Å². The number of hydrogen-bond donors (Lipinski definition) is 0. The zero-order chi connectivity index (χ0) is 14.2. The second-order valence-electron chi connectivity index (χ2n) is 5.81. The van der Waals surface area contributed by atoms with Gasteiger partial charge in [0.05, 0.1) is 0 Å². The van der Waals surface area contributed by atoms with Crippen LogP contribution in [0.15, 0.2) is 71.1 Å². The van der Waals surface area contributed by atoms with Crippen molar-refractivity contribution in [3.8, 4) is 0 Å². The average Bonchev–Trinajstić information content (AvgIpc) is 3.15. The molecule has 2 aliphatic rings. The molecule has 0 nitrogen and oxygen atoms in total. The van der Waals surface area contributed by atoms with E-state index in [1.165, 1.54) is 17.5 Å². The number of hydrogen-bond acceptors (Lipinski definition) is 0. The van der Waals surface area contributed by atoms with E-state index in [9.17, 15) is 0 Å². The molecule has 0 bridgehead atoms. The molecule has 0 spiro atoms. The summed E-state index contributed by atoms with van der Waals surface area (Å²) in [5, 5.41) is 0. The van der Waals surface area contributed by atoms with Crippen LogP contribution in [0, 0.1) is 0 Å². The van der Waals surface area contributed by atoms with Crippen molar-refractivity contribution in [2.24, 2.45) is 0 Å². The molecule has 0 N–H and O–H groups in total. The van der Waals surface area contributed by atoms with E-state index < -0.39 is 14.3 Å². The first kappa shape index (κ1) is 13.7. The Morgan fingerprint density at radius 2 is 1.38 bits per heavy atom. The first-order valence-corrected chi connectivity index (χ1v) is 13.2. The number of rotatable bonds is 3. The zero-order valence-corrected chi connectivity index (χ0v) is 16.3. The SMILES string of the molecule is CC1=[CH][Ge][CH]([Ge]2[C](c3ccccc3)=[C]2c2ccccc2)C1. The van der Waals surface area contributed by atoms with Crippen molar-refractivity contribution in [2.75, 3.05) is 0 Å². The van der Waals surface area contributed by atoms with E-state index in [0.29, 0.717) is 0 Å². The Morgan fingerprint density at radius 1 is 0.857 bits per heavy atom. The van der Waals surface area contributed by atoms with Gasteiger partial charge in [0.2, 0.25) is 0 Å². The van der Waals surface area contributed by atoms with Crippen LogP contribution in [0.25, 0.3) is 8.81 Å². The third-order valence-electron chi connectivity index (χ3n) is 4.26. The molecule has 0 amide bonds. The second-order valence-corrected chi connectivity index (χ2v) is 16.4. The fourth-order valence-corrected chi connectivity index (χ4v) is 18.4. The molecule has 0 saturated heterocycles. The maximum absolute atomic E-state index is 2.59. The summed E-state index contributed by atoms with van der Waals surface area (Å²) in [7, 11) is 0. The van der Waals surface area contributed by atoms with Gasteiger partial charge in [-0.05, 0) is 0 Å². The molecule has 0 aliphatic carbocycles. The van der Waals surface area contributed by atoms with Crippen molar-refractivity contribution >= 4 is 38.6 Å². The molecular formula is C19H17Ge2. The Morgan fingerprint density at radius 3 is 1.81 bits per heavy atom. The van der Waals surface area contributed by atoms with Gasteiger partial charge in [0.1, 0.15) is 0 Å². The summed E-state index contributed by atoms with van der Waals surface area (Å²) in [6.45, 7) is 2.33. The van der Waals surface area contributed by atoms with Gasteiger partial charge in [-0.25, -0.2) is 0 Å². The van der Waals surface area contributed by atoms with Crippen molar-refractivity contribution < 1.29 is 0 Å². The summed E-state index contributed by atoms with van der Waals surface area (Å²) in [5.74, 6) is 0. The summed E-state index contributed by atoms with van der Waals surface area (Å²) < 4.78 is 4.62. The van der Waals surface area contributed by atoms with Crippen LogP contribution >= 0.6 is 0 Å². The Balaban J connectivity index is 1.70. The predicted molar refractivity (Wildman–Crippen MR) is 93.3 cm³/mol. The summed E-state index contributed by atoms with van der Waals surface area (Å²) in [6, 6.07) is 22.3. The number of allylic oxidation sites excluding steroid dienone is 1. The molecule has 3 radical (unpaired) electrons. The Labute approximate surface area is 137 Å². The standard InChI is InChI=1S/C19H17Ge2/c1-14-12-17(20-13-14)21-18(15-8-4-2-5-9-15)19(21)16-10-6-3-7-11-16/h2-11,13,17H,12H2,1H3. The van der Waals surface area contributed by atoms with Crippen LogP contribution in [0.1, 0.15) is 24.5 Å². The van der Waals surface area contributed by atoms with E-state index in [0.717, 1.165) is 3.58 Å². The Bertz CT molecular complexity index is 664. The molecule has 2 heterocycles. The van der Waals surface area contributed by atoms with Crippen molar-refractivity contribution in [1.82, 2.24) is 0 Å². The molecule has 21 heavy (non-hydrogen) atoms. The Hall–Kier alpha value is -0.994. The molecule has 1 unspecified atom stereocenters. The van der Waals surface area contributed by atoms with Crippen LogP contribution in [0.4, 0.5) is 0 Å². The average molecular weight is 391 g/mol. The van der Waals surface area contributed by atoms with Crippen molar-refractivity contribution in [1.29, 1.82) is 0 Å². The molecule has 0 aromatic heterocycles. The molecule has 0 fully saturated rings. The first-order valence-electron chi connectivity index (χ1n) is 7.49. The molecule has 2 aliphatic heterocycles. The van der Waals surface area contributed by atoms with E-state index in [1.54, 1.807) is 14.4 Å². The first-order chi connectivity index (χ1) is 10.3. The molecular weight excluding hydrogens is 373 g/mol. The van der Waals surface area contributed by atoms with E-state index in [4.69, 9.17) is 0 Å². The predicted octanol–water partition coefficient (Wildman–Crippen LogP) is 4.52. The van der Waals surface area contributed by atoms with E-state index in [2.05, 4.69) is 72.5 Å². The minimum absolute atomic E-state index is 0.151. The summed E-state index contributed by atoms with van der Waals surface area (Å²) >= 11 is -1.02. The molecule has 4 rings (SSSR count). The van der Waals surface area contributed by atoms with Crippen molar-refractivity contribution in [2.45, 2.75) is 16.9 Å². The summed E-state index contributed by atoms with van der Waals surface area (Å²) in [6.07, 6.45) is 1.39. The zero-order valence-electron chi connectivity index (χ0n) is 12.1. The van der Waals surface area contributed by atoms with Crippen LogP contribution in [-0.4, -0.2) is 29.8 Å². The monoisotopic (exact) mass is 393 g/mol. The van der Waals surface area contributed by atoms with Crippen LogP contribution < -0.4 is 0 Å². The van der Waals surface area contributed by atoms with Crippen LogP contribution in [0.2, 0.25) is 3.58 Å². The maximum atomic E-state index is 2.59. The number of benzene rings is 2. The van der Waals surface area contributed by atoms with Gasteiger partial charge in [0.25, 0.3) is 0 Å². The van der Waals surface area contributed by atoms with Gasteiger partial charge in [-0.3, -0.25) is 0 Å². The second kappa shape index (κ2) is 5.66. The third kappa shape index (κ3) is 2.60. The van der Waals surface area contributed by atoms with Gasteiger partial charge in [0, 0.05) is 0 Å². The van der Waals surface area contributed by atoms with E-state index in [-0.39, 0.29) is 15.4 Å². The van der Waals surface area contributed by atoms with Crippen LogP contribution in [0.3, 0.4) is 0 Å². The van der Waals surface area contributed by atoms with Crippen LogP contribution in [-0.2, 0) is 0 Å². The molecule has 2 heteroatoms. The fourth-order valence-electron chi connectivity index (χ4n) is 3.23. The normalized spacial score (nSPS) is 21.6. The van der Waals surface area contributed by atoms with E-state index in [1.807, 2.05) is 0 Å².